The highest BCUT2D eigenvalue weighted by molar-refractivity contribution is 7.14. The predicted octanol–water partition coefficient (Wildman–Crippen LogP) is 6.61. The van der Waals surface area contributed by atoms with Crippen LogP contribution in [-0.4, -0.2) is 10.1 Å². The number of benzene rings is 2. The smallest absolute Gasteiger partial charge is 0.187 e. The van der Waals surface area contributed by atoms with Crippen molar-refractivity contribution < 1.29 is 5.11 Å². The molecule has 2 aromatic carbocycles. The SMILES string of the molecule is CC1(C)CCC(C)(C)c2cc(-c3csc(Nc4ccccc4O)n3)ccc21. The lowest BCUT2D eigenvalue weighted by atomic mass is 9.63. The maximum Gasteiger partial charge on any atom is 0.187 e. The molecule has 27 heavy (non-hydrogen) atoms. The lowest BCUT2D eigenvalue weighted by Crippen LogP contribution is -2.33. The standard InChI is InChI=1S/C23H26N2OS/c1-22(2)11-12-23(3,4)17-13-15(9-10-16(17)22)19-14-27-21(25-19)24-18-7-5-6-8-20(18)26/h5-10,13-14,26H,11-12H2,1-4H3,(H,24,25). The van der Waals surface area contributed by atoms with Gasteiger partial charge in [-0.15, -0.1) is 11.3 Å². The highest BCUT2D eigenvalue weighted by Gasteiger charge is 2.37. The third-order valence-electron chi connectivity index (χ3n) is 5.80. The van der Waals surface area contributed by atoms with Crippen LogP contribution in [0.2, 0.25) is 0 Å². The molecule has 0 fully saturated rings. The number of rotatable bonds is 3. The van der Waals surface area contributed by atoms with E-state index in [4.69, 9.17) is 4.98 Å². The van der Waals surface area contributed by atoms with E-state index in [2.05, 4.69) is 56.6 Å². The van der Waals surface area contributed by atoms with Crippen LogP contribution in [0.3, 0.4) is 0 Å². The van der Waals surface area contributed by atoms with Crippen molar-refractivity contribution in [3.8, 4) is 17.0 Å². The fourth-order valence-electron chi connectivity index (χ4n) is 3.91. The number of hydrogen-bond acceptors (Lipinski definition) is 4. The molecule has 0 radical (unpaired) electrons. The topological polar surface area (TPSA) is 45.1 Å². The number of nitrogens with zero attached hydrogens (tertiary/aromatic N) is 1. The number of phenolic OH excluding ortho intramolecular Hbond substituents is 1. The lowest BCUT2D eigenvalue weighted by Gasteiger charge is -2.42. The van der Waals surface area contributed by atoms with E-state index < -0.39 is 0 Å². The molecule has 1 aliphatic carbocycles. The van der Waals surface area contributed by atoms with E-state index in [1.54, 1.807) is 17.4 Å². The number of aromatic nitrogens is 1. The molecule has 1 aliphatic rings. The van der Waals surface area contributed by atoms with Crippen LogP contribution < -0.4 is 5.32 Å². The number of para-hydroxylation sites is 2. The first-order valence-corrected chi connectivity index (χ1v) is 10.3. The van der Waals surface area contributed by atoms with E-state index in [0.717, 1.165) is 16.4 Å². The van der Waals surface area contributed by atoms with Gasteiger partial charge in [-0.3, -0.25) is 0 Å². The highest BCUT2D eigenvalue weighted by Crippen LogP contribution is 2.46. The second kappa shape index (κ2) is 6.38. The number of anilines is 2. The van der Waals surface area contributed by atoms with E-state index in [0.29, 0.717) is 5.69 Å². The maximum absolute atomic E-state index is 9.95. The van der Waals surface area contributed by atoms with Crippen LogP contribution in [0.4, 0.5) is 10.8 Å². The summed E-state index contributed by atoms with van der Waals surface area (Å²) in [6, 6.07) is 14.0. The minimum Gasteiger partial charge on any atom is -0.506 e. The Labute approximate surface area is 165 Å². The monoisotopic (exact) mass is 378 g/mol. The van der Waals surface area contributed by atoms with Gasteiger partial charge in [0, 0.05) is 10.9 Å². The van der Waals surface area contributed by atoms with Crippen LogP contribution in [0.25, 0.3) is 11.3 Å². The van der Waals surface area contributed by atoms with E-state index in [9.17, 15) is 5.11 Å². The Bertz CT molecular complexity index is 988. The molecule has 0 unspecified atom stereocenters. The number of hydrogen-bond donors (Lipinski definition) is 2. The van der Waals surface area contributed by atoms with Gasteiger partial charge < -0.3 is 10.4 Å². The Hall–Kier alpha value is -2.33. The lowest BCUT2D eigenvalue weighted by molar-refractivity contribution is 0.332. The average Bonchev–Trinajstić information content (AvgIpc) is 3.09. The van der Waals surface area contributed by atoms with Crippen molar-refractivity contribution in [3.05, 3.63) is 59.0 Å². The number of fused-ring (bicyclic) bond motifs is 1. The Kier molecular flexibility index (Phi) is 4.26. The third kappa shape index (κ3) is 3.34. The molecule has 0 atom stereocenters. The van der Waals surface area contributed by atoms with E-state index in [1.165, 1.54) is 24.0 Å². The van der Waals surface area contributed by atoms with Gasteiger partial charge in [0.25, 0.3) is 0 Å². The van der Waals surface area contributed by atoms with Crippen molar-refractivity contribution in [2.45, 2.75) is 51.4 Å². The first kappa shape index (κ1) is 18.1. The maximum atomic E-state index is 9.95. The summed E-state index contributed by atoms with van der Waals surface area (Å²) in [5.74, 6) is 0.229. The largest absolute Gasteiger partial charge is 0.506 e. The minimum atomic E-state index is 0.188. The van der Waals surface area contributed by atoms with Crippen molar-refractivity contribution in [2.24, 2.45) is 0 Å². The van der Waals surface area contributed by atoms with Gasteiger partial charge in [-0.1, -0.05) is 52.0 Å². The highest BCUT2D eigenvalue weighted by atomic mass is 32.1. The van der Waals surface area contributed by atoms with Crippen LogP contribution in [0, 0.1) is 0 Å². The molecule has 0 saturated heterocycles. The van der Waals surface area contributed by atoms with E-state index in [-0.39, 0.29) is 16.6 Å². The summed E-state index contributed by atoms with van der Waals surface area (Å²) in [4.78, 5) is 4.75. The zero-order valence-corrected chi connectivity index (χ0v) is 17.2. The summed E-state index contributed by atoms with van der Waals surface area (Å²) in [6.45, 7) is 9.38. The number of aromatic hydroxyl groups is 1. The Morgan fingerprint density at radius 2 is 1.67 bits per heavy atom. The normalized spacial score (nSPS) is 17.3. The van der Waals surface area contributed by atoms with Crippen LogP contribution >= 0.6 is 11.3 Å². The molecule has 0 bridgehead atoms. The third-order valence-corrected chi connectivity index (χ3v) is 6.56. The molecule has 4 rings (SSSR count). The van der Waals surface area contributed by atoms with Gasteiger partial charge in [-0.05, 0) is 53.0 Å². The Balaban J connectivity index is 1.67. The molecular weight excluding hydrogens is 352 g/mol. The molecule has 0 saturated carbocycles. The van der Waals surface area contributed by atoms with Crippen LogP contribution in [0.15, 0.2) is 47.8 Å². The predicted molar refractivity (Wildman–Crippen MR) is 114 cm³/mol. The first-order chi connectivity index (χ1) is 12.8. The van der Waals surface area contributed by atoms with Crippen molar-refractivity contribution in [2.75, 3.05) is 5.32 Å². The number of phenols is 1. The molecule has 1 aromatic heterocycles. The van der Waals surface area contributed by atoms with Crippen LogP contribution in [0.1, 0.15) is 51.7 Å². The minimum absolute atomic E-state index is 0.188. The Morgan fingerprint density at radius 1 is 0.963 bits per heavy atom. The molecule has 140 valence electrons. The molecule has 0 aliphatic heterocycles. The van der Waals surface area contributed by atoms with Crippen LogP contribution in [0.5, 0.6) is 5.75 Å². The van der Waals surface area contributed by atoms with Gasteiger partial charge in [0.05, 0.1) is 11.4 Å². The van der Waals surface area contributed by atoms with Crippen molar-refractivity contribution in [1.82, 2.24) is 4.98 Å². The second-order valence-electron chi connectivity index (χ2n) is 8.71. The van der Waals surface area contributed by atoms with Crippen molar-refractivity contribution in [3.63, 3.8) is 0 Å². The fraction of sp³-hybridized carbons (Fsp3) is 0.348. The zero-order valence-electron chi connectivity index (χ0n) is 16.3. The molecule has 0 spiro atoms. The summed E-state index contributed by atoms with van der Waals surface area (Å²) in [5, 5.41) is 16.0. The summed E-state index contributed by atoms with van der Waals surface area (Å²) < 4.78 is 0. The van der Waals surface area contributed by atoms with E-state index >= 15 is 0 Å². The van der Waals surface area contributed by atoms with E-state index in [1.807, 2.05) is 18.2 Å². The summed E-state index contributed by atoms with van der Waals surface area (Å²) in [7, 11) is 0. The summed E-state index contributed by atoms with van der Waals surface area (Å²) >= 11 is 1.55. The molecule has 2 N–H and O–H groups in total. The van der Waals surface area contributed by atoms with Gasteiger partial charge in [-0.25, -0.2) is 4.98 Å². The van der Waals surface area contributed by atoms with Gasteiger partial charge in [0.2, 0.25) is 0 Å². The molecular formula is C23H26N2OS. The summed E-state index contributed by atoms with van der Waals surface area (Å²) in [5.41, 5.74) is 6.12. The fourth-order valence-corrected chi connectivity index (χ4v) is 4.64. The zero-order chi connectivity index (χ0) is 19.2. The quantitative estimate of drug-likeness (QED) is 0.504. The Morgan fingerprint density at radius 3 is 2.41 bits per heavy atom. The summed E-state index contributed by atoms with van der Waals surface area (Å²) in [6.07, 6.45) is 2.42. The molecule has 1 heterocycles. The van der Waals surface area contributed by atoms with Gasteiger partial charge in [0.15, 0.2) is 5.13 Å². The number of nitrogens with one attached hydrogen (secondary N) is 1. The molecule has 3 aromatic rings. The molecule has 0 amide bonds. The van der Waals surface area contributed by atoms with Crippen molar-refractivity contribution in [1.29, 1.82) is 0 Å². The second-order valence-corrected chi connectivity index (χ2v) is 9.57. The molecule has 4 heteroatoms. The van der Waals surface area contributed by atoms with Gasteiger partial charge in [-0.2, -0.15) is 0 Å². The average molecular weight is 379 g/mol. The van der Waals surface area contributed by atoms with Crippen LogP contribution in [-0.2, 0) is 10.8 Å². The number of thiazole rings is 1. The first-order valence-electron chi connectivity index (χ1n) is 9.42. The van der Waals surface area contributed by atoms with Gasteiger partial charge in [0.1, 0.15) is 5.75 Å². The van der Waals surface area contributed by atoms with Crippen molar-refractivity contribution >= 4 is 22.2 Å². The molecule has 3 nitrogen and oxygen atoms in total. The van der Waals surface area contributed by atoms with Gasteiger partial charge >= 0.3 is 0 Å².